The van der Waals surface area contributed by atoms with Crippen LogP contribution in [0.2, 0.25) is 0 Å². The van der Waals surface area contributed by atoms with Crippen molar-refractivity contribution in [2.24, 2.45) is 51.8 Å². The van der Waals surface area contributed by atoms with Gasteiger partial charge in [0.25, 0.3) is 0 Å². The maximum Gasteiger partial charge on any atom is -0.0383 e. The van der Waals surface area contributed by atoms with Crippen molar-refractivity contribution < 1.29 is 0 Å². The molecule has 0 fully saturated rings. The van der Waals surface area contributed by atoms with Crippen molar-refractivity contribution >= 4 is 0 Å². The molecule has 0 aromatic carbocycles. The average Bonchev–Trinajstić information content (AvgIpc) is 2.75. The molecule has 0 aliphatic heterocycles. The maximum absolute atomic E-state index is 2.38. The highest BCUT2D eigenvalue weighted by molar-refractivity contribution is 4.70. The van der Waals surface area contributed by atoms with Crippen molar-refractivity contribution in [1.29, 1.82) is 0 Å². The molecule has 0 heteroatoms. The van der Waals surface area contributed by atoms with Crippen LogP contribution in [0.15, 0.2) is 0 Å². The predicted octanol–water partition coefficient (Wildman–Crippen LogP) is 16.6. The fourth-order valence-electron chi connectivity index (χ4n) is 5.32. The third kappa shape index (κ3) is 40.0. The molecule has 0 amide bonds. The summed E-state index contributed by atoms with van der Waals surface area (Å²) in [5.41, 5.74) is 1.54. The van der Waals surface area contributed by atoms with Crippen LogP contribution in [0.1, 0.15) is 224 Å². The van der Waals surface area contributed by atoms with Gasteiger partial charge in [-0.1, -0.05) is 185 Å². The molecule has 3 atom stereocenters. The quantitative estimate of drug-likeness (QED) is 0.175. The molecule has 0 nitrogen and oxygen atoms in total. The van der Waals surface area contributed by atoms with Gasteiger partial charge < -0.3 is 0 Å². The Bertz CT molecular complexity index is 502. The molecule has 0 aromatic heterocycles. The average molecular weight is 601 g/mol. The van der Waals surface area contributed by atoms with E-state index in [4.69, 9.17) is 0 Å². The standard InChI is InChI=1S/C14H30.C13H28.C12H26.3CH4/c1-7-8-9-13(12(2)3)10-11-14(4,5)6;1-7-8-12(11(2)3)9-10-13(4,5)6;1-7-11(10(2)3)8-9-12(4,5)6;;;/h12-13H,7-11H2,1-6H3;11-12H,7-10H2,1-6H3;10-11H,7-9H2,1-6H3;3*1H4. The van der Waals surface area contributed by atoms with Crippen LogP contribution in [0.25, 0.3) is 0 Å². The summed E-state index contributed by atoms with van der Waals surface area (Å²) in [5, 5.41) is 0. The van der Waals surface area contributed by atoms with Crippen molar-refractivity contribution in [1.82, 2.24) is 0 Å². The minimum atomic E-state index is 0. The van der Waals surface area contributed by atoms with Gasteiger partial charge in [0.2, 0.25) is 0 Å². The van der Waals surface area contributed by atoms with Crippen LogP contribution >= 0.6 is 0 Å². The van der Waals surface area contributed by atoms with Gasteiger partial charge in [-0.25, -0.2) is 0 Å². The van der Waals surface area contributed by atoms with Gasteiger partial charge in [-0.3, -0.25) is 0 Å². The molecule has 0 N–H and O–H groups in total. The lowest BCUT2D eigenvalue weighted by Crippen LogP contribution is -2.13. The van der Waals surface area contributed by atoms with E-state index in [1.165, 1.54) is 77.0 Å². The number of rotatable bonds is 15. The van der Waals surface area contributed by atoms with Gasteiger partial charge in [0, 0.05) is 0 Å². The summed E-state index contributed by atoms with van der Waals surface area (Å²) in [6, 6.07) is 0. The summed E-state index contributed by atoms with van der Waals surface area (Å²) < 4.78 is 0. The van der Waals surface area contributed by atoms with Gasteiger partial charge in [0.15, 0.2) is 0 Å². The first-order chi connectivity index (χ1) is 17.6. The number of hydrogen-bond acceptors (Lipinski definition) is 0. The molecule has 3 unspecified atom stereocenters. The Hall–Kier alpha value is 0. The monoisotopic (exact) mass is 601 g/mol. The first kappa shape index (κ1) is 54.5. The van der Waals surface area contributed by atoms with E-state index in [2.05, 4.69) is 125 Å². The van der Waals surface area contributed by atoms with E-state index in [-0.39, 0.29) is 22.3 Å². The Kier molecular flexibility index (Phi) is 36.9. The Morgan fingerprint density at radius 1 is 0.381 bits per heavy atom. The normalized spacial score (nSPS) is 13.9. The van der Waals surface area contributed by atoms with Crippen molar-refractivity contribution in [3.8, 4) is 0 Å². The van der Waals surface area contributed by atoms with E-state index in [0.717, 1.165) is 35.5 Å². The third-order valence-electron chi connectivity index (χ3n) is 8.74. The fraction of sp³-hybridized carbons (Fsp3) is 1.00. The van der Waals surface area contributed by atoms with E-state index >= 15 is 0 Å². The molecule has 0 aliphatic rings. The lowest BCUT2D eigenvalue weighted by molar-refractivity contribution is 0.263. The lowest BCUT2D eigenvalue weighted by atomic mass is 9.81. The third-order valence-corrected chi connectivity index (χ3v) is 8.74. The Balaban J connectivity index is -0.000000112. The highest BCUT2D eigenvalue weighted by Gasteiger charge is 2.19. The largest absolute Gasteiger partial charge is 0.0776 e. The first-order valence-electron chi connectivity index (χ1n) is 17.6. The van der Waals surface area contributed by atoms with Crippen molar-refractivity contribution in [2.75, 3.05) is 0 Å². The van der Waals surface area contributed by atoms with E-state index in [9.17, 15) is 0 Å². The summed E-state index contributed by atoms with van der Waals surface area (Å²) in [7, 11) is 0. The molecule has 264 valence electrons. The van der Waals surface area contributed by atoms with Crippen LogP contribution in [0, 0.1) is 51.8 Å². The van der Waals surface area contributed by atoms with E-state index in [1.807, 2.05) is 0 Å². The molecule has 0 spiro atoms. The maximum atomic E-state index is 2.38. The second-order valence-electron chi connectivity index (χ2n) is 17.6. The number of unbranched alkanes of at least 4 members (excludes halogenated alkanes) is 1. The molecular formula is C42H96. The molecule has 42 heavy (non-hydrogen) atoms. The fourth-order valence-corrected chi connectivity index (χ4v) is 5.32. The Morgan fingerprint density at radius 3 is 0.881 bits per heavy atom. The van der Waals surface area contributed by atoms with E-state index in [0.29, 0.717) is 16.2 Å². The summed E-state index contributed by atoms with van der Waals surface area (Å²) in [4.78, 5) is 0. The summed E-state index contributed by atoms with van der Waals surface area (Å²) in [6.45, 7) is 42.2. The minimum Gasteiger partial charge on any atom is -0.0776 e. The highest BCUT2D eigenvalue weighted by Crippen LogP contribution is 2.31. The van der Waals surface area contributed by atoms with Crippen LogP contribution in [0.3, 0.4) is 0 Å². The molecule has 0 aliphatic carbocycles. The van der Waals surface area contributed by atoms with Gasteiger partial charge >= 0.3 is 0 Å². The Morgan fingerprint density at radius 2 is 0.667 bits per heavy atom. The van der Waals surface area contributed by atoms with E-state index in [1.54, 1.807) is 0 Å². The first-order valence-corrected chi connectivity index (χ1v) is 17.6. The van der Waals surface area contributed by atoms with Crippen molar-refractivity contribution in [2.45, 2.75) is 224 Å². The molecule has 0 saturated heterocycles. The van der Waals surface area contributed by atoms with Gasteiger partial charge in [0.05, 0.1) is 0 Å². The zero-order valence-corrected chi connectivity index (χ0v) is 31.4. The molecule has 0 aromatic rings. The van der Waals surface area contributed by atoms with Crippen molar-refractivity contribution in [3.05, 3.63) is 0 Å². The van der Waals surface area contributed by atoms with Crippen molar-refractivity contribution in [3.63, 3.8) is 0 Å². The SMILES string of the molecule is C.C.C.CCC(CCC(C)(C)C)C(C)C.CCCC(CCC(C)(C)C)C(C)C.CCCCC(CCC(C)(C)C)C(C)C. The smallest absolute Gasteiger partial charge is 0.0383 e. The van der Waals surface area contributed by atoms with Crippen LogP contribution in [-0.2, 0) is 0 Å². The molecule has 0 heterocycles. The lowest BCUT2D eigenvalue weighted by Gasteiger charge is -2.25. The highest BCUT2D eigenvalue weighted by atomic mass is 14.2. The van der Waals surface area contributed by atoms with Crippen LogP contribution in [0.5, 0.6) is 0 Å². The zero-order chi connectivity index (χ0) is 31.4. The summed E-state index contributed by atoms with van der Waals surface area (Å²) in [6.07, 6.45) is 16.6. The minimum absolute atomic E-state index is 0. The second kappa shape index (κ2) is 28.5. The molecule has 0 bridgehead atoms. The summed E-state index contributed by atoms with van der Waals surface area (Å²) >= 11 is 0. The molecular weight excluding hydrogens is 504 g/mol. The van der Waals surface area contributed by atoms with Crippen LogP contribution in [-0.4, -0.2) is 0 Å². The second-order valence-corrected chi connectivity index (χ2v) is 17.6. The van der Waals surface area contributed by atoms with Gasteiger partial charge in [-0.15, -0.1) is 0 Å². The zero-order valence-electron chi connectivity index (χ0n) is 31.4. The molecule has 0 saturated carbocycles. The van der Waals surface area contributed by atoms with Crippen LogP contribution < -0.4 is 0 Å². The van der Waals surface area contributed by atoms with E-state index < -0.39 is 0 Å². The van der Waals surface area contributed by atoms with Gasteiger partial charge in [-0.2, -0.15) is 0 Å². The van der Waals surface area contributed by atoms with Gasteiger partial charge in [0.1, 0.15) is 0 Å². The predicted molar refractivity (Wildman–Crippen MR) is 206 cm³/mol. The molecule has 0 radical (unpaired) electrons. The number of hydrogen-bond donors (Lipinski definition) is 0. The summed E-state index contributed by atoms with van der Waals surface area (Å²) in [5.74, 6) is 5.42. The van der Waals surface area contributed by atoms with Crippen LogP contribution in [0.4, 0.5) is 0 Å². The Labute approximate surface area is 275 Å². The molecule has 0 rings (SSSR count). The topological polar surface area (TPSA) is 0 Å². The van der Waals surface area contributed by atoms with Gasteiger partial charge in [-0.05, 0) is 90.3 Å².